The van der Waals surface area contributed by atoms with Gasteiger partial charge in [-0.2, -0.15) is 0 Å². The van der Waals surface area contributed by atoms with Gasteiger partial charge in [0.15, 0.2) is 18.9 Å². The van der Waals surface area contributed by atoms with Crippen LogP contribution in [0.5, 0.6) is 0 Å². The van der Waals surface area contributed by atoms with Crippen LogP contribution in [0.2, 0.25) is 0 Å². The number of carbonyl (C=O) groups excluding carboxylic acids is 3. The smallest absolute Gasteiger partial charge is 0.247 e. The van der Waals surface area contributed by atoms with Crippen LogP contribution in [0.3, 0.4) is 0 Å². The summed E-state index contributed by atoms with van der Waals surface area (Å²) >= 11 is 0. The van der Waals surface area contributed by atoms with Crippen molar-refractivity contribution in [3.8, 4) is 0 Å². The van der Waals surface area contributed by atoms with E-state index in [0.717, 1.165) is 0 Å². The molecule has 0 spiro atoms. The highest BCUT2D eigenvalue weighted by Crippen LogP contribution is 2.38. The number of ether oxygens (including phenoxy) is 30. The summed E-state index contributed by atoms with van der Waals surface area (Å²) < 4.78 is 176. The molecule has 6 heterocycles. The number of methoxy groups -OCH3 is 18. The molecule has 30 unspecified atom stereocenters. The second-order valence-electron chi connectivity index (χ2n) is 26.2. The van der Waals surface area contributed by atoms with Gasteiger partial charge in [-0.3, -0.25) is 14.4 Å². The van der Waals surface area contributed by atoms with Crippen molar-refractivity contribution >= 4 is 17.7 Å². The first-order valence-corrected chi connectivity index (χ1v) is 35.6. The Morgan fingerprint density at radius 1 is 0.269 bits per heavy atom. The van der Waals surface area contributed by atoms with E-state index in [4.69, 9.17) is 142 Å². The molecule has 3 amide bonds. The van der Waals surface area contributed by atoms with Crippen molar-refractivity contribution < 1.29 is 156 Å². The molecule has 0 aromatic rings. The fraction of sp³-hybridized carbons (Fsp3) is 0.875. The van der Waals surface area contributed by atoms with Gasteiger partial charge in [0.2, 0.25) is 17.7 Å². The van der Waals surface area contributed by atoms with Crippen LogP contribution >= 0.6 is 0 Å². The number of likely N-dealkylation sites (N-methyl/N-ethyl adjacent to an activating group) is 3. The predicted molar refractivity (Wildman–Crippen MR) is 383 cm³/mol. The van der Waals surface area contributed by atoms with E-state index in [9.17, 15) is 14.4 Å². The van der Waals surface area contributed by atoms with Crippen LogP contribution in [0.25, 0.3) is 0 Å². The topological polar surface area (TPSA) is 338 Å². The lowest BCUT2D eigenvalue weighted by Gasteiger charge is -2.49. The molecule has 0 aliphatic carbocycles. The van der Waals surface area contributed by atoms with E-state index >= 15 is 0 Å². The van der Waals surface area contributed by atoms with E-state index < -0.39 is 147 Å². The minimum Gasteiger partial charge on any atom is -0.382 e. The Labute approximate surface area is 638 Å². The molecular weight excluding hydrogens is 1430 g/mol. The number of nitrogens with zero attached hydrogens (tertiary/aromatic N) is 3. The summed E-state index contributed by atoms with van der Waals surface area (Å²) in [5.74, 6) is -0.771. The SMILES string of the molecule is C=CC(=O)N(C)COCC1OC(OC2C(COC)OC(C)C(OC)C2OC)C(OC)C(OC)C1OC.C=CC(=O)N(C)COCC1OC(OC2C(COC)OC(C)C(OC)C2OC)C(OC)C(OC)C1OC.C=CC(=O)N(C)COCC1OC(OC2C(COC)OC(C)C(OC)C2OC)C(OC)C(OC)C1OC. The van der Waals surface area contributed by atoms with Gasteiger partial charge in [0, 0.05) is 149 Å². The Kier molecular flexibility index (Phi) is 45.4. The third-order valence-electron chi connectivity index (χ3n) is 19.7. The van der Waals surface area contributed by atoms with Crippen molar-refractivity contribution in [1.82, 2.24) is 14.7 Å². The Hall–Kier alpha value is -3.57. The zero-order valence-electron chi connectivity index (χ0n) is 67.9. The Morgan fingerprint density at radius 2 is 0.454 bits per heavy atom. The molecular formula is C72H129N3O33. The van der Waals surface area contributed by atoms with E-state index in [1.807, 2.05) is 20.8 Å². The van der Waals surface area contributed by atoms with Gasteiger partial charge in [-0.15, -0.1) is 0 Å². The highest BCUT2D eigenvalue weighted by Gasteiger charge is 2.57. The molecule has 6 fully saturated rings. The van der Waals surface area contributed by atoms with Crippen molar-refractivity contribution in [3.05, 3.63) is 38.0 Å². The summed E-state index contributed by atoms with van der Waals surface area (Å²) in [7, 11) is 33.2. The number of carbonyl (C=O) groups is 3. The lowest BCUT2D eigenvalue weighted by Crippen LogP contribution is -2.65. The van der Waals surface area contributed by atoms with Crippen LogP contribution in [0.1, 0.15) is 20.8 Å². The number of amides is 3. The van der Waals surface area contributed by atoms with Crippen LogP contribution in [-0.4, -0.2) is 425 Å². The highest BCUT2D eigenvalue weighted by molar-refractivity contribution is 5.87. The molecule has 0 radical (unpaired) electrons. The Bertz CT molecular complexity index is 2270. The summed E-state index contributed by atoms with van der Waals surface area (Å²) in [5, 5.41) is 0. The summed E-state index contributed by atoms with van der Waals surface area (Å²) in [4.78, 5) is 39.4. The van der Waals surface area contributed by atoms with Crippen LogP contribution in [0, 0.1) is 0 Å². The first-order valence-electron chi connectivity index (χ1n) is 35.6. The number of rotatable bonds is 42. The van der Waals surface area contributed by atoms with Gasteiger partial charge in [0.05, 0.1) is 58.0 Å². The fourth-order valence-corrected chi connectivity index (χ4v) is 14.3. The van der Waals surface area contributed by atoms with Crippen LogP contribution in [-0.2, 0) is 156 Å². The molecule has 0 bridgehead atoms. The van der Waals surface area contributed by atoms with E-state index in [0.29, 0.717) is 0 Å². The molecule has 6 saturated heterocycles. The average molecular weight is 1560 g/mol. The van der Waals surface area contributed by atoms with E-state index in [1.165, 1.54) is 32.9 Å². The van der Waals surface area contributed by atoms with Crippen molar-refractivity contribution in [3.63, 3.8) is 0 Å². The van der Waals surface area contributed by atoms with Gasteiger partial charge >= 0.3 is 0 Å². The molecule has 0 saturated carbocycles. The second-order valence-corrected chi connectivity index (χ2v) is 26.2. The second kappa shape index (κ2) is 50.6. The molecule has 6 aliphatic heterocycles. The van der Waals surface area contributed by atoms with Crippen LogP contribution in [0.4, 0.5) is 0 Å². The van der Waals surface area contributed by atoms with Gasteiger partial charge in [-0.05, 0) is 39.0 Å². The zero-order chi connectivity index (χ0) is 80.5. The number of hydrogen-bond donors (Lipinski definition) is 0. The lowest BCUT2D eigenvalue weighted by molar-refractivity contribution is -0.351. The Morgan fingerprint density at radius 3 is 0.630 bits per heavy atom. The van der Waals surface area contributed by atoms with Gasteiger partial charge in [0.1, 0.15) is 167 Å². The standard InChI is InChI=1S/3C24H43NO11/c3*1-10-17(26)25(3)13-33-12-16-19(29-6)22(31-8)23(32-9)24(35-16)36-20-15(11-27-4)34-14(2)18(28-5)21(20)30-7/h3*10,14-16,18-24H,1,11-13H2,2-9H3. The summed E-state index contributed by atoms with van der Waals surface area (Å²) in [6.45, 7) is 17.5. The normalized spacial score (nSPS) is 37.0. The maximum Gasteiger partial charge on any atom is 0.247 e. The summed E-state index contributed by atoms with van der Waals surface area (Å²) in [5.41, 5.74) is 0. The molecule has 0 aromatic heterocycles. The fourth-order valence-electron chi connectivity index (χ4n) is 14.3. The summed E-state index contributed by atoms with van der Waals surface area (Å²) in [6.07, 6.45) is -12.3. The van der Waals surface area contributed by atoms with Crippen molar-refractivity contribution in [2.75, 3.05) is 209 Å². The van der Waals surface area contributed by atoms with Crippen molar-refractivity contribution in [1.29, 1.82) is 0 Å². The van der Waals surface area contributed by atoms with Gasteiger partial charge in [-0.25, -0.2) is 0 Å². The predicted octanol–water partition coefficient (Wildman–Crippen LogP) is 0.671. The van der Waals surface area contributed by atoms with Crippen molar-refractivity contribution in [2.24, 2.45) is 0 Å². The molecule has 30 atom stereocenters. The third kappa shape index (κ3) is 25.5. The average Bonchev–Trinajstić information content (AvgIpc) is 0.785. The quantitative estimate of drug-likeness (QED) is 0.0599. The van der Waals surface area contributed by atoms with Gasteiger partial charge < -0.3 is 157 Å². The number of hydrogen-bond acceptors (Lipinski definition) is 33. The lowest BCUT2D eigenvalue weighted by atomic mass is 9.94. The largest absolute Gasteiger partial charge is 0.382 e. The van der Waals surface area contributed by atoms with Gasteiger partial charge in [-0.1, -0.05) is 19.7 Å². The highest BCUT2D eigenvalue weighted by atomic mass is 16.8. The monoisotopic (exact) mass is 1560 g/mol. The molecule has 36 nitrogen and oxygen atoms in total. The molecule has 108 heavy (non-hydrogen) atoms. The van der Waals surface area contributed by atoms with E-state index in [-0.39, 0.29) is 114 Å². The van der Waals surface area contributed by atoms with E-state index in [2.05, 4.69) is 19.7 Å². The first-order chi connectivity index (χ1) is 51.9. The zero-order valence-corrected chi connectivity index (χ0v) is 67.9. The molecule has 630 valence electrons. The molecule has 0 N–H and O–H groups in total. The van der Waals surface area contributed by atoms with Crippen molar-refractivity contribution in [2.45, 2.75) is 204 Å². The van der Waals surface area contributed by atoms with Gasteiger partial charge in [0.25, 0.3) is 0 Å². The summed E-state index contributed by atoms with van der Waals surface area (Å²) in [6, 6.07) is 0. The molecule has 0 aromatic carbocycles. The maximum absolute atomic E-state index is 11.8. The molecule has 6 rings (SSSR count). The molecule has 6 aliphatic rings. The van der Waals surface area contributed by atoms with Crippen LogP contribution in [0.15, 0.2) is 38.0 Å². The minimum atomic E-state index is -0.885. The van der Waals surface area contributed by atoms with E-state index in [1.54, 1.807) is 149 Å². The van der Waals surface area contributed by atoms with Crippen LogP contribution < -0.4 is 0 Å². The first kappa shape index (κ1) is 96.8. The maximum atomic E-state index is 11.8. The molecule has 36 heteroatoms. The third-order valence-corrected chi connectivity index (χ3v) is 19.7. The minimum absolute atomic E-state index is 0.0452. The Balaban J connectivity index is 0.000000342.